The monoisotopic (exact) mass is 186 g/mol. The summed E-state index contributed by atoms with van der Waals surface area (Å²) in [5, 5.41) is 8.96. The van der Waals surface area contributed by atoms with E-state index in [0.29, 0.717) is 12.3 Å². The number of ketones is 1. The number of rotatable bonds is 7. The summed E-state index contributed by atoms with van der Waals surface area (Å²) in [6, 6.07) is 0. The second-order valence-electron chi connectivity index (χ2n) is 3.93. The summed E-state index contributed by atoms with van der Waals surface area (Å²) < 4.78 is 0. The molecule has 0 aliphatic heterocycles. The molecule has 13 heavy (non-hydrogen) atoms. The fourth-order valence-corrected chi connectivity index (χ4v) is 1.29. The van der Waals surface area contributed by atoms with Gasteiger partial charge in [0, 0.05) is 6.42 Å². The Hall–Kier alpha value is -0.370. The van der Waals surface area contributed by atoms with Gasteiger partial charge in [0.25, 0.3) is 0 Å². The van der Waals surface area contributed by atoms with Crippen LogP contribution in [-0.2, 0) is 4.79 Å². The highest BCUT2D eigenvalue weighted by atomic mass is 16.3. The Morgan fingerprint density at radius 2 is 1.92 bits per heavy atom. The summed E-state index contributed by atoms with van der Waals surface area (Å²) in [6.45, 7) is 5.89. The van der Waals surface area contributed by atoms with E-state index in [1.165, 1.54) is 19.3 Å². The highest BCUT2D eigenvalue weighted by Gasteiger charge is 2.10. The predicted octanol–water partition coefficient (Wildman–Crippen LogP) is 2.54. The first-order valence-corrected chi connectivity index (χ1v) is 5.28. The fourth-order valence-electron chi connectivity index (χ4n) is 1.29. The van der Waals surface area contributed by atoms with E-state index in [1.54, 1.807) is 6.92 Å². The van der Waals surface area contributed by atoms with Crippen molar-refractivity contribution in [2.24, 2.45) is 5.92 Å². The summed E-state index contributed by atoms with van der Waals surface area (Å²) in [5.74, 6) is 0.589. The number of carbonyl (C=O) groups is 1. The van der Waals surface area contributed by atoms with Gasteiger partial charge in [-0.15, -0.1) is 0 Å². The second kappa shape index (κ2) is 7.07. The van der Waals surface area contributed by atoms with Crippen LogP contribution in [0.5, 0.6) is 0 Å². The van der Waals surface area contributed by atoms with Crippen molar-refractivity contribution in [3.63, 3.8) is 0 Å². The van der Waals surface area contributed by atoms with Crippen LogP contribution in [0.25, 0.3) is 0 Å². The highest BCUT2D eigenvalue weighted by molar-refractivity contribution is 5.82. The third-order valence-corrected chi connectivity index (χ3v) is 2.40. The van der Waals surface area contributed by atoms with Gasteiger partial charge >= 0.3 is 0 Å². The molecule has 2 heteroatoms. The van der Waals surface area contributed by atoms with E-state index >= 15 is 0 Å². The van der Waals surface area contributed by atoms with Gasteiger partial charge in [0.05, 0.1) is 0 Å². The lowest BCUT2D eigenvalue weighted by Gasteiger charge is -2.10. The Kier molecular flexibility index (Phi) is 6.87. The zero-order valence-electron chi connectivity index (χ0n) is 9.05. The Morgan fingerprint density at radius 3 is 2.38 bits per heavy atom. The van der Waals surface area contributed by atoms with Crippen molar-refractivity contribution in [1.29, 1.82) is 0 Å². The highest BCUT2D eigenvalue weighted by Crippen LogP contribution is 2.14. The van der Waals surface area contributed by atoms with Gasteiger partial charge in [-0.2, -0.15) is 0 Å². The molecule has 0 bridgehead atoms. The third-order valence-electron chi connectivity index (χ3n) is 2.40. The average molecular weight is 186 g/mol. The molecule has 0 aliphatic rings. The average Bonchev–Trinajstić information content (AvgIpc) is 2.10. The van der Waals surface area contributed by atoms with Crippen molar-refractivity contribution in [1.82, 2.24) is 0 Å². The molecule has 2 atom stereocenters. The maximum Gasteiger partial charge on any atom is 0.160 e. The zero-order valence-corrected chi connectivity index (χ0v) is 9.05. The van der Waals surface area contributed by atoms with E-state index in [2.05, 4.69) is 13.8 Å². The minimum atomic E-state index is -0.779. The van der Waals surface area contributed by atoms with E-state index in [-0.39, 0.29) is 5.78 Å². The molecule has 0 saturated carbocycles. The van der Waals surface area contributed by atoms with Crippen LogP contribution in [0.15, 0.2) is 0 Å². The zero-order chi connectivity index (χ0) is 10.3. The molecule has 0 radical (unpaired) electrons. The summed E-state index contributed by atoms with van der Waals surface area (Å²) in [6.07, 6.45) is 4.33. The number of hydrogen-bond acceptors (Lipinski definition) is 2. The van der Waals surface area contributed by atoms with Gasteiger partial charge < -0.3 is 5.11 Å². The molecule has 1 N–H and O–H groups in total. The van der Waals surface area contributed by atoms with Gasteiger partial charge in [-0.05, 0) is 19.3 Å². The molecule has 0 aromatic carbocycles. The van der Waals surface area contributed by atoms with Crippen molar-refractivity contribution in [3.05, 3.63) is 0 Å². The Balaban J connectivity index is 3.46. The van der Waals surface area contributed by atoms with Gasteiger partial charge in [-0.25, -0.2) is 0 Å². The number of hydrogen-bond donors (Lipinski definition) is 1. The lowest BCUT2D eigenvalue weighted by Crippen LogP contribution is -2.16. The maximum atomic E-state index is 11.1. The lowest BCUT2D eigenvalue weighted by atomic mass is 9.97. The van der Waals surface area contributed by atoms with Crippen molar-refractivity contribution in [2.45, 2.75) is 59.0 Å². The minimum absolute atomic E-state index is 0.0247. The van der Waals surface area contributed by atoms with Crippen LogP contribution < -0.4 is 0 Å². The summed E-state index contributed by atoms with van der Waals surface area (Å²) in [7, 11) is 0. The van der Waals surface area contributed by atoms with E-state index in [1.807, 2.05) is 0 Å². The molecular formula is C11H22O2. The molecular weight excluding hydrogens is 164 g/mol. The topological polar surface area (TPSA) is 37.3 Å². The Bertz CT molecular complexity index is 141. The fraction of sp³-hybridized carbons (Fsp3) is 0.909. The van der Waals surface area contributed by atoms with Gasteiger partial charge in [0.1, 0.15) is 6.10 Å². The van der Waals surface area contributed by atoms with E-state index in [0.717, 1.165) is 6.42 Å². The number of carbonyl (C=O) groups excluding carboxylic acids is 1. The molecule has 0 aromatic heterocycles. The first kappa shape index (κ1) is 12.6. The van der Waals surface area contributed by atoms with E-state index in [9.17, 15) is 4.79 Å². The van der Waals surface area contributed by atoms with Crippen LogP contribution in [0, 0.1) is 5.92 Å². The van der Waals surface area contributed by atoms with Crippen molar-refractivity contribution in [3.8, 4) is 0 Å². The van der Waals surface area contributed by atoms with Crippen LogP contribution in [0.1, 0.15) is 52.9 Å². The number of Topliss-reactive ketones (excluding diaryl/α,β-unsaturated/α-hetero) is 1. The van der Waals surface area contributed by atoms with Gasteiger partial charge in [-0.1, -0.05) is 33.1 Å². The largest absolute Gasteiger partial charge is 0.386 e. The molecule has 0 amide bonds. The molecule has 78 valence electrons. The molecule has 0 fully saturated rings. The SMILES string of the molecule is CCCCC(C)CCC(=O)C(C)O. The van der Waals surface area contributed by atoms with Gasteiger partial charge in [0.2, 0.25) is 0 Å². The van der Waals surface area contributed by atoms with Crippen LogP contribution in [0.2, 0.25) is 0 Å². The number of aliphatic hydroxyl groups is 1. The van der Waals surface area contributed by atoms with E-state index in [4.69, 9.17) is 5.11 Å². The van der Waals surface area contributed by atoms with Crippen LogP contribution in [0.4, 0.5) is 0 Å². The summed E-state index contributed by atoms with van der Waals surface area (Å²) in [4.78, 5) is 11.1. The van der Waals surface area contributed by atoms with Gasteiger partial charge in [0.15, 0.2) is 5.78 Å². The van der Waals surface area contributed by atoms with Crippen LogP contribution in [0.3, 0.4) is 0 Å². The third kappa shape index (κ3) is 6.76. The molecule has 2 nitrogen and oxygen atoms in total. The number of aliphatic hydroxyl groups excluding tert-OH is 1. The van der Waals surface area contributed by atoms with Crippen LogP contribution >= 0.6 is 0 Å². The lowest BCUT2D eigenvalue weighted by molar-refractivity contribution is -0.126. The summed E-state index contributed by atoms with van der Waals surface area (Å²) >= 11 is 0. The molecule has 0 spiro atoms. The molecule has 0 rings (SSSR count). The van der Waals surface area contributed by atoms with Crippen molar-refractivity contribution in [2.75, 3.05) is 0 Å². The normalized spacial score (nSPS) is 15.4. The molecule has 0 aliphatic carbocycles. The quantitative estimate of drug-likeness (QED) is 0.663. The Labute approximate surface area is 81.3 Å². The second-order valence-corrected chi connectivity index (χ2v) is 3.93. The standard InChI is InChI=1S/C11H22O2/c1-4-5-6-9(2)7-8-11(13)10(3)12/h9-10,12H,4-8H2,1-3H3. The van der Waals surface area contributed by atoms with E-state index < -0.39 is 6.10 Å². The van der Waals surface area contributed by atoms with Crippen molar-refractivity contribution < 1.29 is 9.90 Å². The first-order chi connectivity index (χ1) is 6.07. The minimum Gasteiger partial charge on any atom is -0.386 e. The predicted molar refractivity (Wildman–Crippen MR) is 54.6 cm³/mol. The maximum absolute atomic E-state index is 11.1. The molecule has 2 unspecified atom stereocenters. The van der Waals surface area contributed by atoms with Crippen molar-refractivity contribution >= 4 is 5.78 Å². The summed E-state index contributed by atoms with van der Waals surface area (Å²) in [5.41, 5.74) is 0. The van der Waals surface area contributed by atoms with Crippen LogP contribution in [-0.4, -0.2) is 17.0 Å². The molecule has 0 saturated heterocycles. The Morgan fingerprint density at radius 1 is 1.31 bits per heavy atom. The molecule has 0 heterocycles. The number of unbranched alkanes of at least 4 members (excludes halogenated alkanes) is 1. The molecule has 0 aromatic rings. The van der Waals surface area contributed by atoms with Gasteiger partial charge in [-0.3, -0.25) is 4.79 Å². The smallest absolute Gasteiger partial charge is 0.160 e. The first-order valence-electron chi connectivity index (χ1n) is 5.28.